The van der Waals surface area contributed by atoms with E-state index < -0.39 is 15.9 Å². The molecule has 2 aromatic rings. The molecule has 0 aliphatic carbocycles. The minimum absolute atomic E-state index is 0.107. The minimum Gasteiger partial charge on any atom is -0.273 e. The first-order valence-electron chi connectivity index (χ1n) is 7.32. The average Bonchev–Trinajstić information content (AvgIpc) is 2.53. The monoisotopic (exact) mass is 332 g/mol. The zero-order valence-corrected chi connectivity index (χ0v) is 14.2. The van der Waals surface area contributed by atoms with Crippen LogP contribution in [0.25, 0.3) is 0 Å². The maximum Gasteiger partial charge on any atom is 0.266 e. The highest BCUT2D eigenvalue weighted by Gasteiger charge is 2.16. The van der Waals surface area contributed by atoms with E-state index in [1.165, 1.54) is 12.1 Å². The van der Waals surface area contributed by atoms with E-state index in [-0.39, 0.29) is 4.90 Å². The summed E-state index contributed by atoms with van der Waals surface area (Å²) in [6.45, 7) is 5.73. The number of rotatable bonds is 5. The predicted molar refractivity (Wildman–Crippen MR) is 89.5 cm³/mol. The topological polar surface area (TPSA) is 75.3 Å². The number of carbonyl (C=O) groups is 1. The van der Waals surface area contributed by atoms with Crippen LogP contribution in [-0.4, -0.2) is 14.3 Å². The Morgan fingerprint density at radius 1 is 1.04 bits per heavy atom. The lowest BCUT2D eigenvalue weighted by Crippen LogP contribution is -2.41. The second kappa shape index (κ2) is 6.93. The molecule has 1 amide bonds. The first-order chi connectivity index (χ1) is 10.8. The molecule has 122 valence electrons. The summed E-state index contributed by atoms with van der Waals surface area (Å²) in [6, 6.07) is 11.9. The Morgan fingerprint density at radius 2 is 1.70 bits per heavy atom. The molecule has 23 heavy (non-hydrogen) atoms. The number of sulfonamides is 1. The molecule has 2 N–H and O–H groups in total. The lowest BCUT2D eigenvalue weighted by Gasteiger charge is -2.10. The smallest absolute Gasteiger partial charge is 0.266 e. The van der Waals surface area contributed by atoms with Crippen LogP contribution in [-0.2, 0) is 16.4 Å². The standard InChI is InChI=1S/C17H20N2O3S/c1-4-14-6-8-15(9-7-14)23(21,22)19-18-17(20)16-10-5-12(2)11-13(16)3/h5-11,19H,4H2,1-3H3,(H,18,20). The Hall–Kier alpha value is -2.18. The van der Waals surface area contributed by atoms with E-state index in [9.17, 15) is 13.2 Å². The molecule has 0 aliphatic heterocycles. The molecular weight excluding hydrogens is 312 g/mol. The number of nitrogens with one attached hydrogen (secondary N) is 2. The van der Waals surface area contributed by atoms with E-state index in [4.69, 9.17) is 0 Å². The van der Waals surface area contributed by atoms with E-state index in [0.29, 0.717) is 5.56 Å². The van der Waals surface area contributed by atoms with Crippen molar-refractivity contribution in [2.75, 3.05) is 0 Å². The van der Waals surface area contributed by atoms with Gasteiger partial charge in [0.1, 0.15) is 0 Å². The van der Waals surface area contributed by atoms with Gasteiger partial charge in [-0.3, -0.25) is 10.2 Å². The summed E-state index contributed by atoms with van der Waals surface area (Å²) in [6.07, 6.45) is 0.831. The van der Waals surface area contributed by atoms with Crippen molar-refractivity contribution in [2.45, 2.75) is 32.1 Å². The van der Waals surface area contributed by atoms with Gasteiger partial charge in [-0.05, 0) is 49.6 Å². The fraction of sp³-hybridized carbons (Fsp3) is 0.235. The Labute approximate surface area is 136 Å². The second-order valence-electron chi connectivity index (χ2n) is 5.38. The molecule has 0 bridgehead atoms. The highest BCUT2D eigenvalue weighted by molar-refractivity contribution is 7.89. The molecule has 0 aliphatic rings. The van der Waals surface area contributed by atoms with Crippen molar-refractivity contribution in [1.29, 1.82) is 0 Å². The molecule has 0 aromatic heterocycles. The summed E-state index contributed by atoms with van der Waals surface area (Å²) in [5, 5.41) is 0. The number of amides is 1. The van der Waals surface area contributed by atoms with Gasteiger partial charge in [-0.15, -0.1) is 4.83 Å². The summed E-state index contributed by atoms with van der Waals surface area (Å²) in [4.78, 5) is 14.3. The zero-order chi connectivity index (χ0) is 17.0. The Bertz CT molecular complexity index is 812. The van der Waals surface area contributed by atoms with Crippen LogP contribution in [0.5, 0.6) is 0 Å². The number of benzene rings is 2. The van der Waals surface area contributed by atoms with Crippen molar-refractivity contribution in [3.8, 4) is 0 Å². The van der Waals surface area contributed by atoms with Gasteiger partial charge in [0, 0.05) is 5.56 Å². The molecule has 0 saturated heterocycles. The van der Waals surface area contributed by atoms with Crippen LogP contribution >= 0.6 is 0 Å². The van der Waals surface area contributed by atoms with Crippen molar-refractivity contribution < 1.29 is 13.2 Å². The predicted octanol–water partition coefficient (Wildman–Crippen LogP) is 2.49. The molecule has 2 aromatic carbocycles. The van der Waals surface area contributed by atoms with Crippen LogP contribution in [0.3, 0.4) is 0 Å². The molecule has 0 heterocycles. The second-order valence-corrected chi connectivity index (χ2v) is 7.06. The van der Waals surface area contributed by atoms with E-state index in [1.807, 2.05) is 19.9 Å². The van der Waals surface area contributed by atoms with Crippen LogP contribution in [0.1, 0.15) is 34.0 Å². The fourth-order valence-corrected chi connectivity index (χ4v) is 3.05. The maximum absolute atomic E-state index is 12.2. The number of hydrazine groups is 1. The third-order valence-corrected chi connectivity index (χ3v) is 4.83. The third kappa shape index (κ3) is 4.18. The Balaban J connectivity index is 2.10. The maximum atomic E-state index is 12.2. The Morgan fingerprint density at radius 3 is 2.26 bits per heavy atom. The quantitative estimate of drug-likeness (QED) is 0.826. The molecule has 0 radical (unpaired) electrons. The van der Waals surface area contributed by atoms with Gasteiger partial charge in [-0.1, -0.05) is 36.8 Å². The van der Waals surface area contributed by atoms with Crippen molar-refractivity contribution in [1.82, 2.24) is 10.3 Å². The average molecular weight is 332 g/mol. The molecule has 0 saturated carbocycles. The highest BCUT2D eigenvalue weighted by Crippen LogP contribution is 2.12. The van der Waals surface area contributed by atoms with Crippen LogP contribution in [0.4, 0.5) is 0 Å². The van der Waals surface area contributed by atoms with Gasteiger partial charge in [-0.25, -0.2) is 8.42 Å². The van der Waals surface area contributed by atoms with Gasteiger partial charge >= 0.3 is 0 Å². The number of carbonyl (C=O) groups excluding carboxylic acids is 1. The summed E-state index contributed by atoms with van der Waals surface area (Å²) in [7, 11) is -3.79. The molecule has 0 spiro atoms. The van der Waals surface area contributed by atoms with Crippen LogP contribution in [0, 0.1) is 13.8 Å². The van der Waals surface area contributed by atoms with Gasteiger partial charge in [-0.2, -0.15) is 0 Å². The molecular formula is C17H20N2O3S. The van der Waals surface area contributed by atoms with Crippen molar-refractivity contribution >= 4 is 15.9 Å². The van der Waals surface area contributed by atoms with Crippen LogP contribution in [0.2, 0.25) is 0 Å². The molecule has 5 nitrogen and oxygen atoms in total. The van der Waals surface area contributed by atoms with E-state index in [1.54, 1.807) is 31.2 Å². The van der Waals surface area contributed by atoms with Crippen molar-refractivity contribution in [3.63, 3.8) is 0 Å². The van der Waals surface area contributed by atoms with Crippen LogP contribution in [0.15, 0.2) is 47.4 Å². The lowest BCUT2D eigenvalue weighted by molar-refractivity contribution is 0.0944. The first-order valence-corrected chi connectivity index (χ1v) is 8.80. The summed E-state index contributed by atoms with van der Waals surface area (Å²) in [5.74, 6) is -0.490. The number of hydrogen-bond acceptors (Lipinski definition) is 3. The molecule has 0 unspecified atom stereocenters. The first kappa shape index (κ1) is 17.2. The van der Waals surface area contributed by atoms with Crippen molar-refractivity contribution in [3.05, 3.63) is 64.7 Å². The van der Waals surface area contributed by atoms with Gasteiger partial charge < -0.3 is 0 Å². The normalized spacial score (nSPS) is 11.3. The molecule has 0 atom stereocenters. The van der Waals surface area contributed by atoms with Gasteiger partial charge in [0.05, 0.1) is 4.90 Å². The fourth-order valence-electron chi connectivity index (χ4n) is 2.21. The molecule has 6 heteroatoms. The summed E-state index contributed by atoms with van der Waals surface area (Å²) >= 11 is 0. The zero-order valence-electron chi connectivity index (χ0n) is 13.4. The number of aryl methyl sites for hydroxylation is 3. The molecule has 0 fully saturated rings. The SMILES string of the molecule is CCc1ccc(S(=O)(=O)NNC(=O)c2ccc(C)cc2C)cc1. The van der Waals surface area contributed by atoms with Crippen LogP contribution < -0.4 is 10.3 Å². The van der Waals surface area contributed by atoms with E-state index in [0.717, 1.165) is 23.1 Å². The van der Waals surface area contributed by atoms with E-state index in [2.05, 4.69) is 10.3 Å². The summed E-state index contributed by atoms with van der Waals surface area (Å²) in [5.41, 5.74) is 5.55. The minimum atomic E-state index is -3.79. The lowest BCUT2D eigenvalue weighted by atomic mass is 10.1. The van der Waals surface area contributed by atoms with E-state index >= 15 is 0 Å². The highest BCUT2D eigenvalue weighted by atomic mass is 32.2. The van der Waals surface area contributed by atoms with Gasteiger partial charge in [0.25, 0.3) is 15.9 Å². The Kier molecular flexibility index (Phi) is 5.18. The molecule has 2 rings (SSSR count). The van der Waals surface area contributed by atoms with Gasteiger partial charge in [0.2, 0.25) is 0 Å². The number of hydrogen-bond donors (Lipinski definition) is 2. The largest absolute Gasteiger partial charge is 0.273 e. The van der Waals surface area contributed by atoms with Gasteiger partial charge in [0.15, 0.2) is 0 Å². The van der Waals surface area contributed by atoms with Crippen molar-refractivity contribution in [2.24, 2.45) is 0 Å². The third-order valence-electron chi connectivity index (χ3n) is 3.57. The summed E-state index contributed by atoms with van der Waals surface area (Å²) < 4.78 is 24.4.